The average molecular weight is 393 g/mol. The van der Waals surface area contributed by atoms with Crippen molar-refractivity contribution in [2.75, 3.05) is 36.0 Å². The van der Waals surface area contributed by atoms with Gasteiger partial charge in [0, 0.05) is 38.3 Å². The summed E-state index contributed by atoms with van der Waals surface area (Å²) in [6.45, 7) is 2.27. The highest BCUT2D eigenvalue weighted by atomic mass is 19.1. The van der Waals surface area contributed by atoms with E-state index in [0.717, 1.165) is 0 Å². The van der Waals surface area contributed by atoms with Gasteiger partial charge in [0.1, 0.15) is 11.9 Å². The number of non-ortho nitro benzene ring substituents is 1. The van der Waals surface area contributed by atoms with Crippen LogP contribution in [0.5, 0.6) is 0 Å². The van der Waals surface area contributed by atoms with Gasteiger partial charge in [-0.2, -0.15) is 5.26 Å². The second-order valence-electron chi connectivity index (χ2n) is 6.47. The number of halogens is 1. The number of rotatable bonds is 4. The number of nitro benzene ring substituents is 1. The standard InChI is InChI=1S/C19H16FN7O2/c20-16-3-1-2-4-18(16)24-9-11-25(12-10-24)19-17(13-21)22-26(23-19)14-5-7-15(8-6-14)27(28)29/h1-8H,9-12H2. The molecule has 1 aromatic heterocycles. The Morgan fingerprint density at radius 2 is 1.66 bits per heavy atom. The summed E-state index contributed by atoms with van der Waals surface area (Å²) in [4.78, 5) is 15.5. The number of piperazine rings is 1. The Bertz CT molecular complexity index is 1080. The van der Waals surface area contributed by atoms with Crippen molar-refractivity contribution in [1.29, 1.82) is 5.26 Å². The van der Waals surface area contributed by atoms with E-state index in [4.69, 9.17) is 0 Å². The van der Waals surface area contributed by atoms with E-state index in [1.165, 1.54) is 35.1 Å². The number of aromatic nitrogens is 3. The summed E-state index contributed by atoms with van der Waals surface area (Å²) in [5, 5.41) is 28.9. The Balaban J connectivity index is 1.53. The largest absolute Gasteiger partial charge is 0.366 e. The van der Waals surface area contributed by atoms with Gasteiger partial charge in [0.15, 0.2) is 5.82 Å². The Hall–Kier alpha value is -4.00. The van der Waals surface area contributed by atoms with Gasteiger partial charge < -0.3 is 9.80 Å². The fourth-order valence-electron chi connectivity index (χ4n) is 3.27. The number of hydrogen-bond acceptors (Lipinski definition) is 7. The van der Waals surface area contributed by atoms with Crippen LogP contribution < -0.4 is 9.80 Å². The van der Waals surface area contributed by atoms with Crippen LogP contribution in [0.1, 0.15) is 5.69 Å². The van der Waals surface area contributed by atoms with E-state index in [1.807, 2.05) is 15.9 Å². The van der Waals surface area contributed by atoms with Crippen LogP contribution in [0, 0.1) is 27.3 Å². The molecule has 2 aromatic carbocycles. The Kier molecular flexibility index (Phi) is 4.78. The molecule has 0 N–H and O–H groups in total. The van der Waals surface area contributed by atoms with E-state index in [9.17, 15) is 19.8 Å². The molecule has 146 valence electrons. The van der Waals surface area contributed by atoms with Gasteiger partial charge >= 0.3 is 0 Å². The SMILES string of the molecule is N#Cc1nn(-c2ccc([N+](=O)[O-])cc2)nc1N1CCN(c2ccccc2F)CC1. The van der Waals surface area contributed by atoms with Gasteiger partial charge in [-0.05, 0) is 24.3 Å². The monoisotopic (exact) mass is 393 g/mol. The number of para-hydroxylation sites is 1. The summed E-state index contributed by atoms with van der Waals surface area (Å²) >= 11 is 0. The zero-order valence-electron chi connectivity index (χ0n) is 15.3. The molecule has 1 aliphatic heterocycles. The third kappa shape index (κ3) is 3.58. The summed E-state index contributed by atoms with van der Waals surface area (Å²) in [5.74, 6) is 0.182. The molecule has 4 rings (SSSR count). The van der Waals surface area contributed by atoms with Gasteiger partial charge in [0.25, 0.3) is 5.69 Å². The fourth-order valence-corrected chi connectivity index (χ4v) is 3.27. The highest BCUT2D eigenvalue weighted by molar-refractivity contribution is 5.54. The summed E-state index contributed by atoms with van der Waals surface area (Å²) in [6, 6.07) is 14.5. The highest BCUT2D eigenvalue weighted by Gasteiger charge is 2.24. The molecule has 1 saturated heterocycles. The van der Waals surface area contributed by atoms with E-state index in [-0.39, 0.29) is 17.2 Å². The maximum absolute atomic E-state index is 14.0. The highest BCUT2D eigenvalue weighted by Crippen LogP contribution is 2.24. The first kappa shape index (κ1) is 18.4. The predicted molar refractivity (Wildman–Crippen MR) is 104 cm³/mol. The van der Waals surface area contributed by atoms with Gasteiger partial charge in [-0.3, -0.25) is 10.1 Å². The number of anilines is 2. The molecule has 9 nitrogen and oxygen atoms in total. The number of nitrogens with zero attached hydrogens (tertiary/aromatic N) is 7. The average Bonchev–Trinajstić information content (AvgIpc) is 3.19. The van der Waals surface area contributed by atoms with E-state index in [1.54, 1.807) is 18.2 Å². The van der Waals surface area contributed by atoms with Crippen molar-refractivity contribution >= 4 is 17.2 Å². The molecule has 3 aromatic rings. The van der Waals surface area contributed by atoms with Gasteiger partial charge in [-0.15, -0.1) is 15.0 Å². The van der Waals surface area contributed by atoms with Crippen LogP contribution in [0.2, 0.25) is 0 Å². The van der Waals surface area contributed by atoms with Gasteiger partial charge in [0.2, 0.25) is 5.69 Å². The number of benzene rings is 2. The lowest BCUT2D eigenvalue weighted by atomic mass is 10.2. The van der Waals surface area contributed by atoms with E-state index in [0.29, 0.717) is 43.4 Å². The molecule has 0 bridgehead atoms. The summed E-state index contributed by atoms with van der Waals surface area (Å²) in [5.41, 5.74) is 1.21. The minimum Gasteiger partial charge on any atom is -0.366 e. The molecular formula is C19H16FN7O2. The molecule has 0 atom stereocenters. The third-order valence-corrected chi connectivity index (χ3v) is 4.77. The van der Waals surface area contributed by atoms with Crippen molar-refractivity contribution in [3.63, 3.8) is 0 Å². The maximum Gasteiger partial charge on any atom is 0.269 e. The molecule has 2 heterocycles. The molecule has 0 amide bonds. The van der Waals surface area contributed by atoms with E-state index >= 15 is 0 Å². The Morgan fingerprint density at radius 3 is 2.28 bits per heavy atom. The molecule has 0 aliphatic carbocycles. The minimum atomic E-state index is -0.485. The second-order valence-corrected chi connectivity index (χ2v) is 6.47. The number of hydrogen-bond donors (Lipinski definition) is 0. The van der Waals surface area contributed by atoms with Crippen molar-refractivity contribution in [2.24, 2.45) is 0 Å². The van der Waals surface area contributed by atoms with E-state index in [2.05, 4.69) is 10.2 Å². The first-order valence-corrected chi connectivity index (χ1v) is 8.93. The van der Waals surface area contributed by atoms with Crippen LogP contribution in [0.4, 0.5) is 21.6 Å². The van der Waals surface area contributed by atoms with Crippen LogP contribution in [0.3, 0.4) is 0 Å². The fraction of sp³-hybridized carbons (Fsp3) is 0.211. The molecule has 1 aliphatic rings. The van der Waals surface area contributed by atoms with Crippen LogP contribution in [0.25, 0.3) is 5.69 Å². The Morgan fingerprint density at radius 1 is 1.00 bits per heavy atom. The van der Waals surface area contributed by atoms with Gasteiger partial charge in [0.05, 0.1) is 16.3 Å². The number of nitro groups is 1. The van der Waals surface area contributed by atoms with Crippen molar-refractivity contribution in [2.45, 2.75) is 0 Å². The zero-order chi connectivity index (χ0) is 20.4. The lowest BCUT2D eigenvalue weighted by Crippen LogP contribution is -2.47. The van der Waals surface area contributed by atoms with Crippen molar-refractivity contribution in [1.82, 2.24) is 15.0 Å². The molecule has 10 heteroatoms. The van der Waals surface area contributed by atoms with Crippen molar-refractivity contribution < 1.29 is 9.31 Å². The lowest BCUT2D eigenvalue weighted by Gasteiger charge is -2.36. The maximum atomic E-state index is 14.0. The summed E-state index contributed by atoms with van der Waals surface area (Å²) < 4.78 is 14.0. The summed E-state index contributed by atoms with van der Waals surface area (Å²) in [7, 11) is 0. The van der Waals surface area contributed by atoms with Crippen molar-refractivity contribution in [3.05, 3.63) is 70.2 Å². The van der Waals surface area contributed by atoms with E-state index < -0.39 is 4.92 Å². The lowest BCUT2D eigenvalue weighted by molar-refractivity contribution is -0.384. The molecule has 0 spiro atoms. The first-order valence-electron chi connectivity index (χ1n) is 8.93. The predicted octanol–water partition coefficient (Wildman–Crippen LogP) is 2.51. The molecule has 0 radical (unpaired) electrons. The van der Waals surface area contributed by atoms with Crippen LogP contribution in [0.15, 0.2) is 48.5 Å². The van der Waals surface area contributed by atoms with Gasteiger partial charge in [-0.25, -0.2) is 4.39 Å². The Labute approximate surface area is 165 Å². The molecule has 1 fully saturated rings. The smallest absolute Gasteiger partial charge is 0.269 e. The molecular weight excluding hydrogens is 377 g/mol. The third-order valence-electron chi connectivity index (χ3n) is 4.77. The van der Waals surface area contributed by atoms with Gasteiger partial charge in [-0.1, -0.05) is 12.1 Å². The van der Waals surface area contributed by atoms with Crippen LogP contribution >= 0.6 is 0 Å². The summed E-state index contributed by atoms with van der Waals surface area (Å²) in [6.07, 6.45) is 0. The van der Waals surface area contributed by atoms with Crippen LogP contribution in [-0.4, -0.2) is 46.1 Å². The van der Waals surface area contributed by atoms with Crippen LogP contribution in [-0.2, 0) is 0 Å². The normalized spacial score (nSPS) is 13.9. The topological polar surface area (TPSA) is 104 Å². The minimum absolute atomic E-state index is 0.0362. The second kappa shape index (κ2) is 7.55. The number of nitriles is 1. The molecule has 0 saturated carbocycles. The molecule has 29 heavy (non-hydrogen) atoms. The first-order chi connectivity index (χ1) is 14.1. The zero-order valence-corrected chi connectivity index (χ0v) is 15.3. The molecule has 0 unspecified atom stereocenters. The van der Waals surface area contributed by atoms with Crippen molar-refractivity contribution in [3.8, 4) is 11.8 Å². The quantitative estimate of drug-likeness (QED) is 0.495.